The molecule has 0 fully saturated rings. The van der Waals surface area contributed by atoms with Crippen molar-refractivity contribution in [1.82, 2.24) is 0 Å². The normalized spacial score (nSPS) is 13.4. The number of hydrogen-bond donors (Lipinski definition) is 0. The van der Waals surface area contributed by atoms with Gasteiger partial charge < -0.3 is 0 Å². The van der Waals surface area contributed by atoms with Crippen LogP contribution in [0.5, 0.6) is 0 Å². The highest BCUT2D eigenvalue weighted by atomic mass is 14.3. The number of benzene rings is 2. The Labute approximate surface area is 206 Å². The van der Waals surface area contributed by atoms with Gasteiger partial charge >= 0.3 is 0 Å². The lowest BCUT2D eigenvalue weighted by molar-refractivity contribution is 0.664. The van der Waals surface area contributed by atoms with E-state index in [9.17, 15) is 0 Å². The van der Waals surface area contributed by atoms with Crippen molar-refractivity contribution in [3.63, 3.8) is 0 Å². The topological polar surface area (TPSA) is 0 Å². The summed E-state index contributed by atoms with van der Waals surface area (Å²) in [5.74, 6) is 3.76. The van der Waals surface area contributed by atoms with Crippen molar-refractivity contribution in [3.8, 4) is 0 Å². The van der Waals surface area contributed by atoms with Crippen molar-refractivity contribution in [2.75, 3.05) is 0 Å². The molecule has 0 aliphatic carbocycles. The summed E-state index contributed by atoms with van der Waals surface area (Å²) in [7, 11) is 0. The third kappa shape index (κ3) is 5.93. The van der Waals surface area contributed by atoms with E-state index < -0.39 is 0 Å². The lowest BCUT2D eigenvalue weighted by atomic mass is 9.74. The van der Waals surface area contributed by atoms with Gasteiger partial charge in [-0.15, -0.1) is 0 Å². The van der Waals surface area contributed by atoms with Gasteiger partial charge in [-0.1, -0.05) is 114 Å². The Hall–Kier alpha value is -1.56. The molecule has 184 valence electrons. The van der Waals surface area contributed by atoms with Gasteiger partial charge in [0, 0.05) is 0 Å². The highest BCUT2D eigenvalue weighted by Gasteiger charge is 2.26. The first-order valence-electron chi connectivity index (χ1n) is 13.6. The van der Waals surface area contributed by atoms with Crippen LogP contribution in [0.4, 0.5) is 0 Å². The second kappa shape index (κ2) is 11.2. The summed E-state index contributed by atoms with van der Waals surface area (Å²) in [6.07, 6.45) is 1.13. The average Bonchev–Trinajstić information content (AvgIpc) is 2.71. The average molecular weight is 449 g/mol. The third-order valence-corrected chi connectivity index (χ3v) is 7.43. The predicted molar refractivity (Wildman–Crippen MR) is 150 cm³/mol. The molecule has 1 atom stereocenters. The van der Waals surface area contributed by atoms with Gasteiger partial charge in [-0.3, -0.25) is 0 Å². The van der Waals surface area contributed by atoms with Crippen LogP contribution in [0.3, 0.4) is 0 Å². The molecule has 0 heterocycles. The van der Waals surface area contributed by atoms with Gasteiger partial charge in [-0.05, 0) is 92.4 Å². The molecule has 2 aromatic rings. The quantitative estimate of drug-likeness (QED) is 0.358. The Morgan fingerprint density at radius 1 is 0.394 bits per heavy atom. The first kappa shape index (κ1) is 27.7. The summed E-state index contributed by atoms with van der Waals surface area (Å²) in [5.41, 5.74) is 12.7. The minimum Gasteiger partial charge on any atom is -0.0587 e. The summed E-state index contributed by atoms with van der Waals surface area (Å²) in [6, 6.07) is 9.71. The number of rotatable bonds is 9. The highest BCUT2D eigenvalue weighted by Crippen LogP contribution is 2.42. The maximum Gasteiger partial charge on any atom is -0.0144 e. The van der Waals surface area contributed by atoms with Gasteiger partial charge in [-0.25, -0.2) is 0 Å². The van der Waals surface area contributed by atoms with E-state index in [1.807, 2.05) is 0 Å². The van der Waals surface area contributed by atoms with Crippen LogP contribution in [0.2, 0.25) is 0 Å². The molecule has 0 N–H and O–H groups in total. The molecular weight excluding hydrogens is 396 g/mol. The fraction of sp³-hybridized carbons (Fsp3) is 0.636. The molecule has 2 rings (SSSR count). The predicted octanol–water partition coefficient (Wildman–Crippen LogP) is 10.8. The standard InChI is InChI=1S/C33H52/c1-19(2)26-14-15-27(20(3)4)31(23(9)10)30(26)18-25(13)33-29(22(7)8)17-16-28(21(5)6)32(33)24(11)12/h14-17,19-25H,18H2,1-13H3. The summed E-state index contributed by atoms with van der Waals surface area (Å²) in [6.45, 7) is 30.9. The van der Waals surface area contributed by atoms with Crippen LogP contribution in [-0.4, -0.2) is 0 Å². The summed E-state index contributed by atoms with van der Waals surface area (Å²) in [5, 5.41) is 0. The molecule has 0 amide bonds. The van der Waals surface area contributed by atoms with Crippen molar-refractivity contribution >= 4 is 0 Å². The lowest BCUT2D eigenvalue weighted by Gasteiger charge is -2.31. The Kier molecular flexibility index (Phi) is 9.43. The molecule has 2 aromatic carbocycles. The zero-order valence-electron chi connectivity index (χ0n) is 24.1. The Morgan fingerprint density at radius 3 is 1.09 bits per heavy atom. The van der Waals surface area contributed by atoms with Crippen molar-refractivity contribution in [2.24, 2.45) is 0 Å². The van der Waals surface area contributed by atoms with Gasteiger partial charge in [0.05, 0.1) is 0 Å². The van der Waals surface area contributed by atoms with Crippen LogP contribution in [0, 0.1) is 0 Å². The summed E-state index contributed by atoms with van der Waals surface area (Å²) >= 11 is 0. The monoisotopic (exact) mass is 448 g/mol. The van der Waals surface area contributed by atoms with E-state index in [-0.39, 0.29) is 0 Å². The van der Waals surface area contributed by atoms with E-state index in [4.69, 9.17) is 0 Å². The fourth-order valence-electron chi connectivity index (χ4n) is 5.93. The largest absolute Gasteiger partial charge is 0.0587 e. The van der Waals surface area contributed by atoms with Crippen molar-refractivity contribution in [1.29, 1.82) is 0 Å². The molecule has 0 aromatic heterocycles. The molecule has 0 bridgehead atoms. The zero-order chi connectivity index (χ0) is 25.2. The fourth-order valence-corrected chi connectivity index (χ4v) is 5.93. The maximum atomic E-state index is 2.49. The molecule has 0 saturated heterocycles. The molecule has 0 saturated carbocycles. The second-order valence-corrected chi connectivity index (χ2v) is 12.2. The van der Waals surface area contributed by atoms with Crippen LogP contribution in [0.1, 0.15) is 176 Å². The van der Waals surface area contributed by atoms with Crippen LogP contribution < -0.4 is 0 Å². The SMILES string of the molecule is CC(C)c1ccc(C(C)C)c(C(C)C)c1CC(C)c1c(C(C)C)ccc(C(C)C)c1C(C)C. The highest BCUT2D eigenvalue weighted by molar-refractivity contribution is 5.50. The van der Waals surface area contributed by atoms with Crippen molar-refractivity contribution in [3.05, 3.63) is 68.8 Å². The number of hydrogen-bond acceptors (Lipinski definition) is 0. The van der Waals surface area contributed by atoms with E-state index in [0.717, 1.165) is 6.42 Å². The van der Waals surface area contributed by atoms with Gasteiger partial charge in [-0.2, -0.15) is 0 Å². The Balaban J connectivity index is 2.80. The zero-order valence-corrected chi connectivity index (χ0v) is 24.1. The summed E-state index contributed by atoms with van der Waals surface area (Å²) in [4.78, 5) is 0. The van der Waals surface area contributed by atoms with Gasteiger partial charge in [0.15, 0.2) is 0 Å². The maximum absolute atomic E-state index is 2.49. The smallest absolute Gasteiger partial charge is 0.0144 e. The van der Waals surface area contributed by atoms with E-state index in [1.165, 1.54) is 0 Å². The third-order valence-electron chi connectivity index (χ3n) is 7.43. The first-order chi connectivity index (χ1) is 15.3. The van der Waals surface area contributed by atoms with Crippen LogP contribution >= 0.6 is 0 Å². The molecule has 0 aliphatic heterocycles. The van der Waals surface area contributed by atoms with Crippen LogP contribution in [-0.2, 0) is 6.42 Å². The lowest BCUT2D eigenvalue weighted by Crippen LogP contribution is -2.15. The Morgan fingerprint density at radius 2 is 0.727 bits per heavy atom. The van der Waals surface area contributed by atoms with Crippen LogP contribution in [0.25, 0.3) is 0 Å². The summed E-state index contributed by atoms with van der Waals surface area (Å²) < 4.78 is 0. The molecular formula is C33H52. The first-order valence-corrected chi connectivity index (χ1v) is 13.6. The minimum atomic E-state index is 0.496. The molecule has 33 heavy (non-hydrogen) atoms. The van der Waals surface area contributed by atoms with E-state index in [0.29, 0.717) is 41.4 Å². The van der Waals surface area contributed by atoms with Crippen molar-refractivity contribution in [2.45, 2.75) is 138 Å². The molecule has 0 heteroatoms. The second-order valence-electron chi connectivity index (χ2n) is 12.2. The minimum absolute atomic E-state index is 0.496. The molecule has 1 unspecified atom stereocenters. The van der Waals surface area contributed by atoms with Gasteiger partial charge in [0.2, 0.25) is 0 Å². The molecule has 0 nitrogen and oxygen atoms in total. The molecule has 0 aliphatic rings. The van der Waals surface area contributed by atoms with Gasteiger partial charge in [0.25, 0.3) is 0 Å². The van der Waals surface area contributed by atoms with E-state index in [1.54, 1.807) is 44.5 Å². The van der Waals surface area contributed by atoms with Crippen LogP contribution in [0.15, 0.2) is 24.3 Å². The Bertz CT molecular complexity index is 922. The van der Waals surface area contributed by atoms with Crippen molar-refractivity contribution < 1.29 is 0 Å². The molecule has 0 spiro atoms. The van der Waals surface area contributed by atoms with E-state index in [2.05, 4.69) is 114 Å². The van der Waals surface area contributed by atoms with E-state index >= 15 is 0 Å². The molecule has 0 radical (unpaired) electrons. The van der Waals surface area contributed by atoms with Gasteiger partial charge in [0.1, 0.15) is 0 Å².